The van der Waals surface area contributed by atoms with Crippen molar-refractivity contribution in [2.75, 3.05) is 18.1 Å². The maximum Gasteiger partial charge on any atom is 0.0723 e. The first kappa shape index (κ1) is 13.8. The van der Waals surface area contributed by atoms with Crippen LogP contribution < -0.4 is 4.90 Å². The van der Waals surface area contributed by atoms with Crippen molar-refractivity contribution >= 4 is 21.6 Å². The Morgan fingerprint density at radius 2 is 2.28 bits per heavy atom. The standard InChI is InChI=1S/C14H20BrNO2/c1-3-12-9-18-10(2)7-16(12)14-5-4-11(8-17)6-13(14)15/h4-6,10,12,17H,3,7-9H2,1-2H3. The molecule has 0 aromatic heterocycles. The third-order valence-corrected chi connectivity index (χ3v) is 4.08. The van der Waals surface area contributed by atoms with E-state index in [1.54, 1.807) is 0 Å². The fourth-order valence-electron chi connectivity index (χ4n) is 2.36. The number of aliphatic hydroxyl groups excluding tert-OH is 1. The van der Waals surface area contributed by atoms with Crippen molar-refractivity contribution in [1.29, 1.82) is 0 Å². The molecule has 18 heavy (non-hydrogen) atoms. The van der Waals surface area contributed by atoms with E-state index < -0.39 is 0 Å². The van der Waals surface area contributed by atoms with Crippen molar-refractivity contribution in [3.05, 3.63) is 28.2 Å². The van der Waals surface area contributed by atoms with Crippen molar-refractivity contribution in [3.63, 3.8) is 0 Å². The molecule has 0 aliphatic carbocycles. The Balaban J connectivity index is 2.27. The lowest BCUT2D eigenvalue weighted by Gasteiger charge is -2.40. The summed E-state index contributed by atoms with van der Waals surface area (Å²) >= 11 is 3.61. The van der Waals surface area contributed by atoms with Crippen LogP contribution in [0.1, 0.15) is 25.8 Å². The van der Waals surface area contributed by atoms with Gasteiger partial charge >= 0.3 is 0 Å². The molecule has 0 bridgehead atoms. The summed E-state index contributed by atoms with van der Waals surface area (Å²) in [6, 6.07) is 6.48. The number of halogens is 1. The molecule has 2 atom stereocenters. The van der Waals surface area contributed by atoms with E-state index in [-0.39, 0.29) is 12.7 Å². The maximum absolute atomic E-state index is 9.15. The van der Waals surface area contributed by atoms with Crippen molar-refractivity contribution in [1.82, 2.24) is 0 Å². The van der Waals surface area contributed by atoms with E-state index in [2.05, 4.69) is 40.7 Å². The molecule has 1 aliphatic rings. The molecule has 0 spiro atoms. The molecule has 2 rings (SSSR count). The minimum absolute atomic E-state index is 0.0790. The van der Waals surface area contributed by atoms with E-state index in [1.165, 1.54) is 5.69 Å². The predicted octanol–water partition coefficient (Wildman–Crippen LogP) is 2.95. The van der Waals surface area contributed by atoms with Gasteiger partial charge in [-0.25, -0.2) is 0 Å². The molecule has 1 aromatic carbocycles. The molecule has 1 heterocycles. The zero-order chi connectivity index (χ0) is 13.1. The van der Waals surface area contributed by atoms with Crippen LogP contribution in [0.3, 0.4) is 0 Å². The van der Waals surface area contributed by atoms with E-state index >= 15 is 0 Å². The lowest BCUT2D eigenvalue weighted by atomic mass is 10.1. The summed E-state index contributed by atoms with van der Waals surface area (Å²) in [6.45, 7) is 6.07. The first-order valence-corrected chi connectivity index (χ1v) is 7.22. The largest absolute Gasteiger partial charge is 0.392 e. The van der Waals surface area contributed by atoms with Crippen LogP contribution in [0, 0.1) is 0 Å². The Hall–Kier alpha value is -0.580. The van der Waals surface area contributed by atoms with Gasteiger partial charge in [0.15, 0.2) is 0 Å². The van der Waals surface area contributed by atoms with Crippen LogP contribution in [0.2, 0.25) is 0 Å². The highest BCUT2D eigenvalue weighted by Crippen LogP contribution is 2.31. The van der Waals surface area contributed by atoms with Gasteiger partial charge in [0.05, 0.1) is 31.0 Å². The predicted molar refractivity (Wildman–Crippen MR) is 76.9 cm³/mol. The average molecular weight is 314 g/mol. The lowest BCUT2D eigenvalue weighted by Crippen LogP contribution is -2.48. The molecule has 1 fully saturated rings. The van der Waals surface area contributed by atoms with Crippen LogP contribution in [0.25, 0.3) is 0 Å². The van der Waals surface area contributed by atoms with Crippen LogP contribution in [0.5, 0.6) is 0 Å². The van der Waals surface area contributed by atoms with Gasteiger partial charge in [-0.15, -0.1) is 0 Å². The fraction of sp³-hybridized carbons (Fsp3) is 0.571. The van der Waals surface area contributed by atoms with Crippen LogP contribution in [0.15, 0.2) is 22.7 Å². The number of anilines is 1. The van der Waals surface area contributed by atoms with Gasteiger partial charge in [0.2, 0.25) is 0 Å². The Morgan fingerprint density at radius 1 is 1.50 bits per heavy atom. The molecule has 4 heteroatoms. The second-order valence-electron chi connectivity index (χ2n) is 4.80. The summed E-state index contributed by atoms with van der Waals surface area (Å²) in [5.41, 5.74) is 2.12. The minimum Gasteiger partial charge on any atom is -0.392 e. The number of morpholine rings is 1. The van der Waals surface area contributed by atoms with Gasteiger partial charge in [0, 0.05) is 11.0 Å². The van der Waals surface area contributed by atoms with Crippen LogP contribution >= 0.6 is 15.9 Å². The highest BCUT2D eigenvalue weighted by Gasteiger charge is 2.26. The van der Waals surface area contributed by atoms with Gasteiger partial charge in [-0.1, -0.05) is 13.0 Å². The highest BCUT2D eigenvalue weighted by molar-refractivity contribution is 9.10. The normalized spacial score (nSPS) is 24.3. The molecule has 1 N–H and O–H groups in total. The van der Waals surface area contributed by atoms with Gasteiger partial charge < -0.3 is 14.7 Å². The van der Waals surface area contributed by atoms with Gasteiger partial charge in [0.1, 0.15) is 0 Å². The summed E-state index contributed by atoms with van der Waals surface area (Å²) in [5.74, 6) is 0. The molecule has 1 aliphatic heterocycles. The third-order valence-electron chi connectivity index (χ3n) is 3.44. The summed E-state index contributed by atoms with van der Waals surface area (Å²) in [7, 11) is 0. The number of nitrogens with zero attached hydrogens (tertiary/aromatic N) is 1. The molecule has 0 saturated carbocycles. The molecule has 100 valence electrons. The topological polar surface area (TPSA) is 32.7 Å². The smallest absolute Gasteiger partial charge is 0.0723 e. The first-order valence-electron chi connectivity index (χ1n) is 6.43. The molecule has 0 radical (unpaired) electrons. The fourth-order valence-corrected chi connectivity index (χ4v) is 3.01. The van der Waals surface area contributed by atoms with Crippen molar-refractivity contribution in [2.24, 2.45) is 0 Å². The van der Waals surface area contributed by atoms with E-state index in [1.807, 2.05) is 12.1 Å². The summed E-state index contributed by atoms with van der Waals surface area (Å²) in [5, 5.41) is 9.15. The van der Waals surface area contributed by atoms with Gasteiger partial charge in [-0.2, -0.15) is 0 Å². The summed E-state index contributed by atoms with van der Waals surface area (Å²) in [6.07, 6.45) is 1.33. The molecular formula is C14H20BrNO2. The number of benzene rings is 1. The zero-order valence-corrected chi connectivity index (χ0v) is 12.5. The highest BCUT2D eigenvalue weighted by atomic mass is 79.9. The van der Waals surface area contributed by atoms with Crippen molar-refractivity contribution in [3.8, 4) is 0 Å². The number of hydrogen-bond acceptors (Lipinski definition) is 3. The maximum atomic E-state index is 9.15. The molecule has 3 nitrogen and oxygen atoms in total. The lowest BCUT2D eigenvalue weighted by molar-refractivity contribution is 0.0299. The van der Waals surface area contributed by atoms with E-state index in [0.717, 1.165) is 29.6 Å². The van der Waals surface area contributed by atoms with Gasteiger partial charge in [-0.3, -0.25) is 0 Å². The number of rotatable bonds is 3. The quantitative estimate of drug-likeness (QED) is 0.931. The third kappa shape index (κ3) is 2.87. The molecule has 2 unspecified atom stereocenters. The SMILES string of the molecule is CCC1COC(C)CN1c1ccc(CO)cc1Br. The van der Waals surface area contributed by atoms with E-state index in [4.69, 9.17) is 9.84 Å². The molecule has 1 aromatic rings. The molecule has 1 saturated heterocycles. The minimum atomic E-state index is 0.0790. The van der Waals surface area contributed by atoms with Crippen LogP contribution in [0.4, 0.5) is 5.69 Å². The average Bonchev–Trinajstić information content (AvgIpc) is 2.38. The number of aliphatic hydroxyl groups is 1. The first-order chi connectivity index (χ1) is 8.65. The van der Waals surface area contributed by atoms with Crippen LogP contribution in [-0.2, 0) is 11.3 Å². The van der Waals surface area contributed by atoms with Gasteiger partial charge in [0.25, 0.3) is 0 Å². The number of ether oxygens (including phenoxy) is 1. The zero-order valence-electron chi connectivity index (χ0n) is 10.9. The van der Waals surface area contributed by atoms with Crippen molar-refractivity contribution in [2.45, 2.75) is 39.0 Å². The van der Waals surface area contributed by atoms with E-state index in [0.29, 0.717) is 6.04 Å². The van der Waals surface area contributed by atoms with Gasteiger partial charge in [-0.05, 0) is 47.0 Å². The Labute approximate surface area is 117 Å². The summed E-state index contributed by atoms with van der Waals surface area (Å²) < 4.78 is 6.76. The summed E-state index contributed by atoms with van der Waals surface area (Å²) in [4.78, 5) is 2.40. The van der Waals surface area contributed by atoms with Crippen molar-refractivity contribution < 1.29 is 9.84 Å². The second kappa shape index (κ2) is 6.04. The Kier molecular flexibility index (Phi) is 4.65. The molecular weight excluding hydrogens is 294 g/mol. The monoisotopic (exact) mass is 313 g/mol. The van der Waals surface area contributed by atoms with Crippen LogP contribution in [-0.4, -0.2) is 30.4 Å². The Bertz CT molecular complexity index is 411. The second-order valence-corrected chi connectivity index (χ2v) is 5.66. The Morgan fingerprint density at radius 3 is 2.89 bits per heavy atom. The van der Waals surface area contributed by atoms with E-state index in [9.17, 15) is 0 Å². The number of hydrogen-bond donors (Lipinski definition) is 1. The molecule has 0 amide bonds.